The molecule has 4 rings (SSSR count). The maximum Gasteiger partial charge on any atom is 0.255 e. The molecule has 8 heteroatoms. The molecule has 4 aromatic rings. The van der Waals surface area contributed by atoms with Crippen LogP contribution in [0.2, 0.25) is 0 Å². The van der Waals surface area contributed by atoms with Crippen molar-refractivity contribution < 1.29 is 4.79 Å². The van der Waals surface area contributed by atoms with Crippen LogP contribution in [0, 0.1) is 6.92 Å². The summed E-state index contributed by atoms with van der Waals surface area (Å²) >= 11 is 4.88. The molecular weight excluding hydrogens is 426 g/mol. The number of aromatic nitrogens is 4. The third-order valence-corrected chi connectivity index (χ3v) is 5.41. The summed E-state index contributed by atoms with van der Waals surface area (Å²) in [5.41, 5.74) is 2.18. The van der Waals surface area contributed by atoms with Crippen LogP contribution in [0.15, 0.2) is 75.3 Å². The molecule has 6 nitrogen and oxygen atoms in total. The van der Waals surface area contributed by atoms with Gasteiger partial charge in [0.15, 0.2) is 0 Å². The first kappa shape index (κ1) is 17.7. The molecule has 2 heterocycles. The molecule has 0 saturated carbocycles. The molecule has 0 radical (unpaired) electrons. The average Bonchev–Trinajstić information content (AvgIpc) is 3.12. The molecule has 27 heavy (non-hydrogen) atoms. The molecule has 0 fully saturated rings. The second-order valence-electron chi connectivity index (χ2n) is 5.77. The zero-order valence-corrected chi connectivity index (χ0v) is 16.7. The molecule has 2 aromatic carbocycles. The van der Waals surface area contributed by atoms with Crippen LogP contribution in [-0.4, -0.2) is 25.5 Å². The molecule has 134 valence electrons. The van der Waals surface area contributed by atoms with Crippen molar-refractivity contribution in [2.75, 3.05) is 5.32 Å². The first-order valence-corrected chi connectivity index (χ1v) is 9.72. The molecule has 2 aromatic heterocycles. The first-order valence-electron chi connectivity index (χ1n) is 8.11. The maximum atomic E-state index is 12.6. The van der Waals surface area contributed by atoms with E-state index in [2.05, 4.69) is 36.3 Å². The van der Waals surface area contributed by atoms with Crippen molar-refractivity contribution >= 4 is 45.1 Å². The molecule has 1 N–H and O–H groups in total. The molecule has 0 aliphatic rings. The lowest BCUT2D eigenvalue weighted by Crippen LogP contribution is -2.12. The zero-order valence-electron chi connectivity index (χ0n) is 14.3. The SMILES string of the molecule is Cc1cc(Sc2ccccc2NC(=O)c2ccc(Br)cc2)n2ncnc2n1. The van der Waals surface area contributed by atoms with Gasteiger partial charge in [0.1, 0.15) is 11.4 Å². The van der Waals surface area contributed by atoms with Gasteiger partial charge in [0.25, 0.3) is 11.7 Å². The van der Waals surface area contributed by atoms with Crippen molar-refractivity contribution in [2.45, 2.75) is 16.8 Å². The number of anilines is 1. The normalized spacial score (nSPS) is 10.9. The number of nitrogens with one attached hydrogen (secondary N) is 1. The Morgan fingerprint density at radius 2 is 1.93 bits per heavy atom. The van der Waals surface area contributed by atoms with Crippen LogP contribution >= 0.6 is 27.7 Å². The van der Waals surface area contributed by atoms with Gasteiger partial charge in [-0.05, 0) is 49.4 Å². The largest absolute Gasteiger partial charge is 0.321 e. The summed E-state index contributed by atoms with van der Waals surface area (Å²) in [5.74, 6) is 0.390. The van der Waals surface area contributed by atoms with E-state index >= 15 is 0 Å². The Labute approximate surface area is 168 Å². The number of para-hydroxylation sites is 1. The van der Waals surface area contributed by atoms with E-state index < -0.39 is 0 Å². The fourth-order valence-electron chi connectivity index (χ4n) is 2.54. The number of carbonyl (C=O) groups is 1. The van der Waals surface area contributed by atoms with Crippen molar-refractivity contribution in [3.05, 3.63) is 76.7 Å². The van der Waals surface area contributed by atoms with E-state index in [1.54, 1.807) is 16.6 Å². The minimum atomic E-state index is -0.160. The highest BCUT2D eigenvalue weighted by Gasteiger charge is 2.13. The van der Waals surface area contributed by atoms with Crippen LogP contribution in [0.25, 0.3) is 5.78 Å². The van der Waals surface area contributed by atoms with Crippen molar-refractivity contribution in [3.63, 3.8) is 0 Å². The maximum absolute atomic E-state index is 12.6. The third kappa shape index (κ3) is 3.86. The molecular formula is C19H14BrN5OS. The number of carbonyl (C=O) groups excluding carboxylic acids is 1. The van der Waals surface area contributed by atoms with E-state index in [4.69, 9.17) is 0 Å². The summed E-state index contributed by atoms with van der Waals surface area (Å²) in [5, 5.41) is 8.10. The number of hydrogen-bond donors (Lipinski definition) is 1. The van der Waals surface area contributed by atoms with Gasteiger partial charge >= 0.3 is 0 Å². The number of amides is 1. The van der Waals surface area contributed by atoms with Crippen molar-refractivity contribution in [2.24, 2.45) is 0 Å². The number of aryl methyl sites for hydroxylation is 1. The molecule has 1 amide bonds. The lowest BCUT2D eigenvalue weighted by molar-refractivity contribution is 0.102. The van der Waals surface area contributed by atoms with E-state index in [-0.39, 0.29) is 5.91 Å². The lowest BCUT2D eigenvalue weighted by atomic mass is 10.2. The van der Waals surface area contributed by atoms with Crippen LogP contribution in [0.1, 0.15) is 16.1 Å². The zero-order chi connectivity index (χ0) is 18.8. The van der Waals surface area contributed by atoms with Gasteiger partial charge in [-0.3, -0.25) is 4.79 Å². The monoisotopic (exact) mass is 439 g/mol. The van der Waals surface area contributed by atoms with Gasteiger partial charge < -0.3 is 5.32 Å². The third-order valence-electron chi connectivity index (χ3n) is 3.80. The summed E-state index contributed by atoms with van der Waals surface area (Å²) in [6.45, 7) is 1.92. The fraction of sp³-hybridized carbons (Fsp3) is 0.0526. The van der Waals surface area contributed by atoms with Crippen molar-refractivity contribution in [1.82, 2.24) is 19.6 Å². The number of fused-ring (bicyclic) bond motifs is 1. The number of hydrogen-bond acceptors (Lipinski definition) is 5. The molecule has 0 atom stereocenters. The molecule has 0 unspecified atom stereocenters. The van der Waals surface area contributed by atoms with Gasteiger partial charge in [0.05, 0.1) is 5.69 Å². The van der Waals surface area contributed by atoms with Gasteiger partial charge in [-0.25, -0.2) is 4.98 Å². The lowest BCUT2D eigenvalue weighted by Gasteiger charge is -2.11. The van der Waals surface area contributed by atoms with Gasteiger partial charge in [-0.2, -0.15) is 14.6 Å². The quantitative estimate of drug-likeness (QED) is 0.470. The fourth-order valence-corrected chi connectivity index (χ4v) is 3.85. The van der Waals surface area contributed by atoms with E-state index in [0.29, 0.717) is 11.3 Å². The smallest absolute Gasteiger partial charge is 0.255 e. The van der Waals surface area contributed by atoms with E-state index in [9.17, 15) is 4.79 Å². The summed E-state index contributed by atoms with van der Waals surface area (Å²) in [6.07, 6.45) is 1.48. The van der Waals surface area contributed by atoms with Crippen molar-refractivity contribution in [3.8, 4) is 0 Å². The molecule has 0 bridgehead atoms. The summed E-state index contributed by atoms with van der Waals surface area (Å²) in [4.78, 5) is 22.0. The van der Waals surface area contributed by atoms with Crippen molar-refractivity contribution in [1.29, 1.82) is 0 Å². The predicted octanol–water partition coefficient (Wildman–Crippen LogP) is 4.60. The number of nitrogens with zero attached hydrogens (tertiary/aromatic N) is 4. The highest BCUT2D eigenvalue weighted by Crippen LogP contribution is 2.33. The Balaban J connectivity index is 1.64. The molecule has 0 aliphatic heterocycles. The molecule has 0 aliphatic carbocycles. The second kappa shape index (κ2) is 7.50. The van der Waals surface area contributed by atoms with Crippen LogP contribution in [0.5, 0.6) is 0 Å². The number of halogens is 1. The summed E-state index contributed by atoms with van der Waals surface area (Å²) in [7, 11) is 0. The first-order chi connectivity index (χ1) is 13.1. The van der Waals surface area contributed by atoms with Crippen LogP contribution < -0.4 is 5.32 Å². The van der Waals surface area contributed by atoms with Crippen LogP contribution in [0.3, 0.4) is 0 Å². The van der Waals surface area contributed by atoms with Gasteiger partial charge in [-0.15, -0.1) is 0 Å². The highest BCUT2D eigenvalue weighted by molar-refractivity contribution is 9.10. The minimum absolute atomic E-state index is 0.160. The van der Waals surface area contributed by atoms with Gasteiger partial charge in [0, 0.05) is 20.6 Å². The second-order valence-corrected chi connectivity index (χ2v) is 7.74. The summed E-state index contributed by atoms with van der Waals surface area (Å²) < 4.78 is 2.62. The standard InChI is InChI=1S/C19H14BrN5OS/c1-12-10-17(25-19(23-12)21-11-22-25)27-16-5-3-2-4-15(16)24-18(26)13-6-8-14(20)9-7-13/h2-11H,1H3,(H,24,26). The topological polar surface area (TPSA) is 72.2 Å². The van der Waals surface area contributed by atoms with Crippen LogP contribution in [-0.2, 0) is 0 Å². The average molecular weight is 440 g/mol. The summed E-state index contributed by atoms with van der Waals surface area (Å²) in [6, 6.07) is 16.9. The Hall–Kier alpha value is -2.71. The Morgan fingerprint density at radius 3 is 2.74 bits per heavy atom. The van der Waals surface area contributed by atoms with Crippen LogP contribution in [0.4, 0.5) is 5.69 Å². The van der Waals surface area contributed by atoms with Gasteiger partial charge in [-0.1, -0.05) is 39.8 Å². The highest BCUT2D eigenvalue weighted by atomic mass is 79.9. The number of benzene rings is 2. The van der Waals surface area contributed by atoms with E-state index in [1.807, 2.05) is 49.4 Å². The van der Waals surface area contributed by atoms with E-state index in [0.717, 1.165) is 25.8 Å². The Bertz CT molecular complexity index is 1130. The minimum Gasteiger partial charge on any atom is -0.321 e. The predicted molar refractivity (Wildman–Crippen MR) is 108 cm³/mol. The molecule has 0 spiro atoms. The van der Waals surface area contributed by atoms with Gasteiger partial charge in [0.2, 0.25) is 0 Å². The number of rotatable bonds is 4. The Morgan fingerprint density at radius 1 is 1.15 bits per heavy atom. The Kier molecular flexibility index (Phi) is 4.91. The molecule has 0 saturated heterocycles. The van der Waals surface area contributed by atoms with E-state index in [1.165, 1.54) is 18.1 Å².